The number of ether oxygens (including phenoxy) is 1. The SMILES string of the molecule is CC(C)C[C@H](CN(C)C)N(Cc1cccc(CN2OC[C@@H]([C@H](C)O)[C@H]2C(=O)N[C@H]2C[C@H]3C[C@@H]([C@@H]2C)C3(C)C)c1)Cc1ccccc1N1CCOCC1. The van der Waals surface area contributed by atoms with Crippen LogP contribution in [0.4, 0.5) is 5.69 Å². The number of amides is 1. The third-order valence-electron chi connectivity index (χ3n) is 13.0. The van der Waals surface area contributed by atoms with Crippen molar-refractivity contribution in [1.82, 2.24) is 20.2 Å². The lowest BCUT2D eigenvalue weighted by molar-refractivity contribution is -0.161. The number of hydrogen-bond donors (Lipinski definition) is 2. The van der Waals surface area contributed by atoms with Crippen LogP contribution in [0.1, 0.15) is 77.5 Å². The van der Waals surface area contributed by atoms with Gasteiger partial charge in [0.05, 0.1) is 32.5 Å². The van der Waals surface area contributed by atoms with Gasteiger partial charge in [-0.3, -0.25) is 14.5 Å². The van der Waals surface area contributed by atoms with Crippen molar-refractivity contribution in [2.75, 3.05) is 58.5 Å². The van der Waals surface area contributed by atoms with E-state index in [1.807, 2.05) is 5.06 Å². The zero-order valence-electron chi connectivity index (χ0n) is 33.3. The van der Waals surface area contributed by atoms with Gasteiger partial charge in [-0.05, 0) is 92.1 Å². The highest BCUT2D eigenvalue weighted by atomic mass is 16.7. The van der Waals surface area contributed by atoms with E-state index >= 15 is 0 Å². The highest BCUT2D eigenvalue weighted by molar-refractivity contribution is 5.82. The molecule has 2 aliphatic heterocycles. The van der Waals surface area contributed by atoms with Gasteiger partial charge < -0.3 is 25.0 Å². The van der Waals surface area contributed by atoms with Crippen LogP contribution >= 0.6 is 0 Å². The molecule has 9 nitrogen and oxygen atoms in total. The first kappa shape index (κ1) is 39.2. The third-order valence-corrected chi connectivity index (χ3v) is 13.0. The molecule has 8 atom stereocenters. The minimum atomic E-state index is -0.647. The van der Waals surface area contributed by atoms with E-state index in [2.05, 4.69) is 117 Å². The summed E-state index contributed by atoms with van der Waals surface area (Å²) in [7, 11) is 4.35. The van der Waals surface area contributed by atoms with E-state index in [4.69, 9.17) is 9.57 Å². The number of likely N-dealkylation sites (N-methyl/N-ethyl adjacent to an activating group) is 1. The number of para-hydroxylation sites is 1. The summed E-state index contributed by atoms with van der Waals surface area (Å²) < 4.78 is 5.69. The van der Waals surface area contributed by atoms with Gasteiger partial charge in [0, 0.05) is 56.4 Å². The number of rotatable bonds is 15. The molecule has 52 heavy (non-hydrogen) atoms. The minimum Gasteiger partial charge on any atom is -0.393 e. The topological polar surface area (TPSA) is 80.8 Å². The molecule has 3 saturated carbocycles. The van der Waals surface area contributed by atoms with Gasteiger partial charge in [-0.1, -0.05) is 77.1 Å². The maximum Gasteiger partial charge on any atom is 0.240 e. The second-order valence-electron chi connectivity index (χ2n) is 17.8. The minimum absolute atomic E-state index is 0.0131. The molecule has 2 N–H and O–H groups in total. The predicted octanol–water partition coefficient (Wildman–Crippen LogP) is 5.80. The van der Waals surface area contributed by atoms with Crippen LogP contribution in [0.5, 0.6) is 0 Å². The van der Waals surface area contributed by atoms with Crippen molar-refractivity contribution in [1.29, 1.82) is 0 Å². The van der Waals surface area contributed by atoms with Crippen molar-refractivity contribution in [2.24, 2.45) is 35.0 Å². The Hall–Kier alpha value is -2.53. The second kappa shape index (κ2) is 16.9. The van der Waals surface area contributed by atoms with Gasteiger partial charge in [0.2, 0.25) is 5.91 Å². The van der Waals surface area contributed by atoms with Crippen LogP contribution in [0.2, 0.25) is 0 Å². The zero-order chi connectivity index (χ0) is 37.2. The molecule has 0 aromatic heterocycles. The molecule has 5 fully saturated rings. The van der Waals surface area contributed by atoms with Crippen LogP contribution in [-0.4, -0.2) is 104 Å². The molecule has 0 unspecified atom stereocenters. The number of hydroxylamine groups is 2. The molecule has 5 aliphatic rings. The number of aliphatic hydroxyl groups is 1. The van der Waals surface area contributed by atoms with E-state index in [0.717, 1.165) is 64.3 Å². The zero-order valence-corrected chi connectivity index (χ0v) is 33.3. The summed E-state index contributed by atoms with van der Waals surface area (Å²) in [6, 6.07) is 17.7. The van der Waals surface area contributed by atoms with Crippen LogP contribution in [0.15, 0.2) is 48.5 Å². The van der Waals surface area contributed by atoms with Gasteiger partial charge in [0.25, 0.3) is 0 Å². The van der Waals surface area contributed by atoms with Gasteiger partial charge in [0.1, 0.15) is 6.04 Å². The first-order valence-corrected chi connectivity index (χ1v) is 20.1. The van der Waals surface area contributed by atoms with E-state index < -0.39 is 12.1 Å². The normalized spacial score (nSPS) is 28.7. The molecule has 0 spiro atoms. The van der Waals surface area contributed by atoms with Crippen molar-refractivity contribution >= 4 is 11.6 Å². The molecule has 2 aromatic carbocycles. The van der Waals surface area contributed by atoms with E-state index in [-0.39, 0.29) is 17.9 Å². The first-order valence-electron chi connectivity index (χ1n) is 20.1. The summed E-state index contributed by atoms with van der Waals surface area (Å²) in [5.74, 6) is 2.03. The molecule has 0 radical (unpaired) electrons. The van der Waals surface area contributed by atoms with E-state index in [9.17, 15) is 9.90 Å². The van der Waals surface area contributed by atoms with Crippen LogP contribution < -0.4 is 10.2 Å². The Bertz CT molecular complexity index is 1460. The number of benzene rings is 2. The molecule has 2 bridgehead atoms. The Morgan fingerprint density at radius 1 is 1.02 bits per heavy atom. The Morgan fingerprint density at radius 2 is 1.75 bits per heavy atom. The quantitative estimate of drug-likeness (QED) is 0.240. The van der Waals surface area contributed by atoms with E-state index in [1.54, 1.807) is 6.92 Å². The summed E-state index contributed by atoms with van der Waals surface area (Å²) in [4.78, 5) is 27.8. The number of carbonyl (C=O) groups is 1. The largest absolute Gasteiger partial charge is 0.393 e. The smallest absolute Gasteiger partial charge is 0.240 e. The van der Waals surface area contributed by atoms with Crippen LogP contribution in [0, 0.1) is 35.0 Å². The van der Waals surface area contributed by atoms with Crippen molar-refractivity contribution in [2.45, 2.75) is 105 Å². The molecule has 9 heteroatoms. The van der Waals surface area contributed by atoms with Gasteiger partial charge in [-0.25, -0.2) is 0 Å². The Kier molecular flexibility index (Phi) is 12.7. The average Bonchev–Trinajstić information content (AvgIpc) is 3.52. The predicted molar refractivity (Wildman–Crippen MR) is 209 cm³/mol. The van der Waals surface area contributed by atoms with Crippen LogP contribution in [0.25, 0.3) is 0 Å². The number of nitrogens with one attached hydrogen (secondary N) is 1. The molecule has 3 aliphatic carbocycles. The number of anilines is 1. The lowest BCUT2D eigenvalue weighted by Crippen LogP contribution is -2.62. The lowest BCUT2D eigenvalue weighted by Gasteiger charge is -2.62. The number of nitrogens with zero attached hydrogens (tertiary/aromatic N) is 4. The third kappa shape index (κ3) is 8.88. The van der Waals surface area contributed by atoms with Gasteiger partial charge in [0.15, 0.2) is 0 Å². The second-order valence-corrected chi connectivity index (χ2v) is 17.8. The first-order chi connectivity index (χ1) is 24.8. The molecule has 2 aromatic rings. The molecular weight excluding hydrogens is 651 g/mol. The number of hydrogen-bond acceptors (Lipinski definition) is 8. The van der Waals surface area contributed by atoms with Crippen molar-refractivity contribution in [3.05, 3.63) is 65.2 Å². The van der Waals surface area contributed by atoms with Crippen molar-refractivity contribution in [3.8, 4) is 0 Å². The molecule has 2 heterocycles. The van der Waals surface area contributed by atoms with Crippen molar-refractivity contribution in [3.63, 3.8) is 0 Å². The fourth-order valence-electron chi connectivity index (χ4n) is 9.88. The number of aliphatic hydroxyl groups excluding tert-OH is 1. The number of morpholine rings is 1. The molecular formula is C43H67N5O4. The summed E-state index contributed by atoms with van der Waals surface area (Å²) >= 11 is 0. The van der Waals surface area contributed by atoms with E-state index in [0.29, 0.717) is 48.3 Å². The summed E-state index contributed by atoms with van der Waals surface area (Å²) in [6.45, 7) is 20.4. The fourth-order valence-corrected chi connectivity index (χ4v) is 9.88. The monoisotopic (exact) mass is 718 g/mol. The van der Waals surface area contributed by atoms with E-state index in [1.165, 1.54) is 23.2 Å². The molecule has 2 saturated heterocycles. The standard InChI is InChI=1S/C43H67N5O4/c1-29(2)20-36(27-45(7)8)47(26-34-14-9-10-15-40(34)46-16-18-51-19-17-46)24-32-12-11-13-33(21-32)25-48-41(37(28-52-48)31(4)49)42(50)44-39-23-35-22-38(30(39)3)43(35,5)6/h9-15,21,29-31,35-39,41,49H,16-20,22-28H2,1-8H3,(H,44,50)/t30-,31-,35+,36+,37-,38-,39-,41-/m0/s1. The summed E-state index contributed by atoms with van der Waals surface area (Å²) in [5.41, 5.74) is 5.38. The highest BCUT2D eigenvalue weighted by Crippen LogP contribution is 2.61. The molecule has 288 valence electrons. The fraction of sp³-hybridized carbons (Fsp3) is 0.698. The number of fused-ring (bicyclic) bond motifs is 2. The van der Waals surface area contributed by atoms with Gasteiger partial charge >= 0.3 is 0 Å². The maximum atomic E-state index is 14.1. The molecule has 1 amide bonds. The molecule has 7 rings (SSSR count). The summed E-state index contributed by atoms with van der Waals surface area (Å²) in [6.07, 6.45) is 2.77. The van der Waals surface area contributed by atoms with Gasteiger partial charge in [-0.15, -0.1) is 0 Å². The highest BCUT2D eigenvalue weighted by Gasteiger charge is 2.57. The Morgan fingerprint density at radius 3 is 2.42 bits per heavy atom. The van der Waals surface area contributed by atoms with Gasteiger partial charge in [-0.2, -0.15) is 5.06 Å². The lowest BCUT2D eigenvalue weighted by atomic mass is 9.45. The Balaban J connectivity index is 1.20. The Labute approximate surface area is 314 Å². The van der Waals surface area contributed by atoms with Crippen LogP contribution in [-0.2, 0) is 34.0 Å². The maximum absolute atomic E-state index is 14.1. The average molecular weight is 718 g/mol. The van der Waals surface area contributed by atoms with Crippen LogP contribution in [0.3, 0.4) is 0 Å². The van der Waals surface area contributed by atoms with Crippen molar-refractivity contribution < 1.29 is 19.5 Å². The summed E-state index contributed by atoms with van der Waals surface area (Å²) in [5, 5.41) is 16.1. The number of carbonyl (C=O) groups excluding carboxylic acids is 1.